The number of aliphatic hydroxyl groups is 2. The molecule has 0 bridgehead atoms. The predicted octanol–water partition coefficient (Wildman–Crippen LogP) is 1.66. The van der Waals surface area contributed by atoms with Crippen LogP contribution < -0.4 is 4.74 Å². The number of esters is 1. The molecule has 2 N–H and O–H groups in total. The van der Waals surface area contributed by atoms with Crippen LogP contribution in [-0.4, -0.2) is 36.0 Å². The van der Waals surface area contributed by atoms with Gasteiger partial charge in [-0.1, -0.05) is 11.6 Å². The summed E-state index contributed by atoms with van der Waals surface area (Å²) in [4.78, 5) is 11.5. The van der Waals surface area contributed by atoms with Crippen LogP contribution in [0.2, 0.25) is 0 Å². The molecule has 3 atom stereocenters. The number of rotatable bonds is 5. The highest BCUT2D eigenvalue weighted by molar-refractivity contribution is 5.72. The summed E-state index contributed by atoms with van der Waals surface area (Å²) in [5, 5.41) is 19.8. The van der Waals surface area contributed by atoms with E-state index in [1.54, 1.807) is 7.11 Å². The molecule has 5 heteroatoms. The minimum absolute atomic E-state index is 0.0332. The second-order valence-electron chi connectivity index (χ2n) is 5.58. The van der Waals surface area contributed by atoms with Gasteiger partial charge in [-0.25, -0.2) is 0 Å². The van der Waals surface area contributed by atoms with E-state index >= 15 is 0 Å². The molecule has 1 unspecified atom stereocenters. The molecular formula is C16H22O5. The van der Waals surface area contributed by atoms with Crippen molar-refractivity contribution in [2.24, 2.45) is 5.92 Å². The summed E-state index contributed by atoms with van der Waals surface area (Å²) in [5.41, 5.74) is 2.55. The van der Waals surface area contributed by atoms with Crippen LogP contribution in [0.1, 0.15) is 35.6 Å². The quantitative estimate of drug-likeness (QED) is 0.808. The Labute approximate surface area is 124 Å². The minimum Gasteiger partial charge on any atom is -0.496 e. The molecule has 0 aliphatic carbocycles. The van der Waals surface area contributed by atoms with Gasteiger partial charge < -0.3 is 19.7 Å². The van der Waals surface area contributed by atoms with Crippen LogP contribution in [0.3, 0.4) is 0 Å². The number of ether oxygens (including phenoxy) is 2. The van der Waals surface area contributed by atoms with Crippen LogP contribution in [0, 0.1) is 19.8 Å². The Morgan fingerprint density at radius 1 is 1.43 bits per heavy atom. The van der Waals surface area contributed by atoms with Gasteiger partial charge in [0.1, 0.15) is 18.0 Å². The zero-order chi connectivity index (χ0) is 15.6. The maximum Gasteiger partial charge on any atom is 0.306 e. The molecule has 1 aliphatic rings. The Morgan fingerprint density at radius 3 is 2.76 bits per heavy atom. The van der Waals surface area contributed by atoms with E-state index in [1.807, 2.05) is 26.0 Å². The Morgan fingerprint density at radius 2 is 2.14 bits per heavy atom. The molecule has 2 rings (SSSR count). The lowest BCUT2D eigenvalue weighted by Crippen LogP contribution is -2.26. The molecule has 116 valence electrons. The molecule has 1 aromatic rings. The predicted molar refractivity (Wildman–Crippen MR) is 77.1 cm³/mol. The number of benzene rings is 1. The SMILES string of the molecule is COc1c(C)cc(C)cc1C(O)[C@H]1OC(=O)C[C@H]1CCO. The van der Waals surface area contributed by atoms with Gasteiger partial charge in [0.25, 0.3) is 0 Å². The molecular weight excluding hydrogens is 272 g/mol. The van der Waals surface area contributed by atoms with E-state index in [4.69, 9.17) is 14.6 Å². The summed E-state index contributed by atoms with van der Waals surface area (Å²) in [7, 11) is 1.56. The van der Waals surface area contributed by atoms with Gasteiger partial charge in [-0.2, -0.15) is 0 Å². The van der Waals surface area contributed by atoms with Crippen molar-refractivity contribution < 1.29 is 24.5 Å². The van der Waals surface area contributed by atoms with E-state index < -0.39 is 12.2 Å². The van der Waals surface area contributed by atoms with Crippen molar-refractivity contribution in [3.63, 3.8) is 0 Å². The van der Waals surface area contributed by atoms with Gasteiger partial charge in [0.05, 0.1) is 13.5 Å². The average molecular weight is 294 g/mol. The zero-order valence-corrected chi connectivity index (χ0v) is 12.6. The van der Waals surface area contributed by atoms with Crippen molar-refractivity contribution in [2.75, 3.05) is 13.7 Å². The van der Waals surface area contributed by atoms with E-state index in [0.717, 1.165) is 11.1 Å². The third-order valence-electron chi connectivity index (χ3n) is 3.94. The van der Waals surface area contributed by atoms with Crippen LogP contribution in [0.15, 0.2) is 12.1 Å². The normalized spacial score (nSPS) is 23.0. The van der Waals surface area contributed by atoms with Gasteiger partial charge in [-0.05, 0) is 31.9 Å². The molecule has 1 saturated heterocycles. The summed E-state index contributed by atoms with van der Waals surface area (Å²) >= 11 is 0. The van der Waals surface area contributed by atoms with E-state index in [1.165, 1.54) is 0 Å². The number of cyclic esters (lactones) is 1. The first-order chi connectivity index (χ1) is 9.97. The first-order valence-electron chi connectivity index (χ1n) is 7.11. The topological polar surface area (TPSA) is 76.0 Å². The van der Waals surface area contributed by atoms with E-state index in [0.29, 0.717) is 17.7 Å². The van der Waals surface area contributed by atoms with Gasteiger partial charge in [0.2, 0.25) is 0 Å². The molecule has 21 heavy (non-hydrogen) atoms. The summed E-state index contributed by atoms with van der Waals surface area (Å²) in [5.74, 6) is 0.0997. The van der Waals surface area contributed by atoms with Gasteiger partial charge >= 0.3 is 5.97 Å². The highest BCUT2D eigenvalue weighted by atomic mass is 16.6. The number of carbonyl (C=O) groups is 1. The van der Waals surface area contributed by atoms with Crippen molar-refractivity contribution in [3.05, 3.63) is 28.8 Å². The second kappa shape index (κ2) is 6.45. The lowest BCUT2D eigenvalue weighted by atomic mass is 9.89. The average Bonchev–Trinajstić information content (AvgIpc) is 2.78. The Kier molecular flexibility index (Phi) is 4.85. The Bertz CT molecular complexity index is 526. The third-order valence-corrected chi connectivity index (χ3v) is 3.94. The molecule has 1 heterocycles. The lowest BCUT2D eigenvalue weighted by molar-refractivity contribution is -0.146. The summed E-state index contributed by atoms with van der Waals surface area (Å²) < 4.78 is 10.7. The lowest BCUT2D eigenvalue weighted by Gasteiger charge is -2.25. The largest absolute Gasteiger partial charge is 0.496 e. The molecule has 5 nitrogen and oxygen atoms in total. The Hall–Kier alpha value is -1.59. The second-order valence-corrected chi connectivity index (χ2v) is 5.58. The fourth-order valence-corrected chi connectivity index (χ4v) is 3.04. The summed E-state index contributed by atoms with van der Waals surface area (Å²) in [6, 6.07) is 3.82. The van der Waals surface area contributed by atoms with Crippen molar-refractivity contribution in [1.82, 2.24) is 0 Å². The molecule has 0 saturated carbocycles. The fourth-order valence-electron chi connectivity index (χ4n) is 3.04. The fraction of sp³-hybridized carbons (Fsp3) is 0.562. The number of hydrogen-bond donors (Lipinski definition) is 2. The monoisotopic (exact) mass is 294 g/mol. The highest BCUT2D eigenvalue weighted by Crippen LogP contribution is 2.39. The van der Waals surface area contributed by atoms with Crippen molar-refractivity contribution in [2.45, 2.75) is 38.9 Å². The smallest absolute Gasteiger partial charge is 0.306 e. The van der Waals surface area contributed by atoms with Crippen LogP contribution in [0.5, 0.6) is 5.75 Å². The molecule has 1 aliphatic heterocycles. The summed E-state index contributed by atoms with van der Waals surface area (Å²) in [6.45, 7) is 3.82. The maximum absolute atomic E-state index is 11.5. The van der Waals surface area contributed by atoms with Crippen LogP contribution in [0.4, 0.5) is 0 Å². The van der Waals surface area contributed by atoms with Crippen molar-refractivity contribution >= 4 is 5.97 Å². The summed E-state index contributed by atoms with van der Waals surface area (Å²) in [6.07, 6.45) is -0.933. The van der Waals surface area contributed by atoms with Crippen molar-refractivity contribution in [1.29, 1.82) is 0 Å². The van der Waals surface area contributed by atoms with Crippen molar-refractivity contribution in [3.8, 4) is 5.75 Å². The van der Waals surface area contributed by atoms with Crippen LogP contribution >= 0.6 is 0 Å². The molecule has 1 aromatic carbocycles. The van der Waals surface area contributed by atoms with Gasteiger partial charge in [0.15, 0.2) is 0 Å². The molecule has 0 radical (unpaired) electrons. The number of aliphatic hydroxyl groups excluding tert-OH is 2. The van der Waals surface area contributed by atoms with E-state index in [2.05, 4.69) is 0 Å². The molecule has 0 amide bonds. The Balaban J connectivity index is 2.34. The first kappa shape index (κ1) is 15.8. The molecule has 1 fully saturated rings. The third kappa shape index (κ3) is 3.19. The molecule has 0 aromatic heterocycles. The van der Waals surface area contributed by atoms with Crippen LogP contribution in [-0.2, 0) is 9.53 Å². The van der Waals surface area contributed by atoms with E-state index in [9.17, 15) is 9.90 Å². The standard InChI is InChI=1S/C16H22O5/c1-9-6-10(2)15(20-3)12(7-9)14(19)16-11(4-5-17)8-13(18)21-16/h6-7,11,14,16-17,19H,4-5,8H2,1-3H3/t11-,14?,16+/m1/s1. The maximum atomic E-state index is 11.5. The number of aryl methyl sites for hydroxylation is 2. The minimum atomic E-state index is -0.957. The number of hydrogen-bond acceptors (Lipinski definition) is 5. The zero-order valence-electron chi connectivity index (χ0n) is 12.6. The van der Waals surface area contributed by atoms with Crippen LogP contribution in [0.25, 0.3) is 0 Å². The molecule has 0 spiro atoms. The number of carbonyl (C=O) groups excluding carboxylic acids is 1. The highest BCUT2D eigenvalue weighted by Gasteiger charge is 2.40. The number of methoxy groups -OCH3 is 1. The van der Waals surface area contributed by atoms with Gasteiger partial charge in [-0.15, -0.1) is 0 Å². The van der Waals surface area contributed by atoms with Gasteiger partial charge in [0, 0.05) is 18.1 Å². The van der Waals surface area contributed by atoms with Gasteiger partial charge in [-0.3, -0.25) is 4.79 Å². The van der Waals surface area contributed by atoms with E-state index in [-0.39, 0.29) is 24.9 Å². The first-order valence-corrected chi connectivity index (χ1v) is 7.11.